The molecule has 92 valence electrons. The average Bonchev–Trinajstić information content (AvgIpc) is 2.75. The van der Waals surface area contributed by atoms with Crippen LogP contribution in [0.3, 0.4) is 0 Å². The Hall–Kier alpha value is -0.120. The molecule has 16 heavy (non-hydrogen) atoms. The standard InChI is InChI=1S/C13H23NO2/c15-12-6-3-5-10(12)14-8-9-16-13-7-2-1-4-11(13)14/h10-13,15H,1-9H2/t10-,11?,12-,13?/m0/s1. The lowest BCUT2D eigenvalue weighted by molar-refractivity contribution is -0.113. The zero-order chi connectivity index (χ0) is 11.0. The summed E-state index contributed by atoms with van der Waals surface area (Å²) in [6, 6.07) is 1.02. The molecule has 0 bridgehead atoms. The van der Waals surface area contributed by atoms with Crippen molar-refractivity contribution in [2.75, 3.05) is 13.2 Å². The maximum absolute atomic E-state index is 10.0. The van der Waals surface area contributed by atoms with E-state index in [1.807, 2.05) is 0 Å². The minimum Gasteiger partial charge on any atom is -0.391 e. The molecule has 4 atom stereocenters. The van der Waals surface area contributed by atoms with E-state index in [-0.39, 0.29) is 6.10 Å². The van der Waals surface area contributed by atoms with E-state index in [1.54, 1.807) is 0 Å². The van der Waals surface area contributed by atoms with Crippen LogP contribution >= 0.6 is 0 Å². The SMILES string of the molecule is O[C@H]1CCC[C@@H]1N1CCOC2CCCCC21. The van der Waals surface area contributed by atoms with Crippen LogP contribution in [0.1, 0.15) is 44.9 Å². The van der Waals surface area contributed by atoms with Gasteiger partial charge in [0.2, 0.25) is 0 Å². The van der Waals surface area contributed by atoms with Crippen molar-refractivity contribution in [1.82, 2.24) is 4.90 Å². The highest BCUT2D eigenvalue weighted by Gasteiger charge is 2.41. The summed E-state index contributed by atoms with van der Waals surface area (Å²) in [5.74, 6) is 0. The van der Waals surface area contributed by atoms with Gasteiger partial charge in [0.25, 0.3) is 0 Å². The van der Waals surface area contributed by atoms with Gasteiger partial charge in [-0.2, -0.15) is 0 Å². The van der Waals surface area contributed by atoms with E-state index < -0.39 is 0 Å². The Bertz CT molecular complexity index is 244. The molecule has 1 heterocycles. The zero-order valence-corrected chi connectivity index (χ0v) is 9.98. The van der Waals surface area contributed by atoms with E-state index in [1.165, 1.54) is 38.5 Å². The van der Waals surface area contributed by atoms with Crippen molar-refractivity contribution in [3.05, 3.63) is 0 Å². The third-order valence-electron chi connectivity index (χ3n) is 4.65. The summed E-state index contributed by atoms with van der Waals surface area (Å²) in [6.07, 6.45) is 8.91. The van der Waals surface area contributed by atoms with Gasteiger partial charge in [-0.1, -0.05) is 12.8 Å². The van der Waals surface area contributed by atoms with Crippen LogP contribution in [0.4, 0.5) is 0 Å². The lowest BCUT2D eigenvalue weighted by Gasteiger charge is -2.47. The number of ether oxygens (including phenoxy) is 1. The molecule has 0 aromatic carbocycles. The highest BCUT2D eigenvalue weighted by Crippen LogP contribution is 2.34. The molecule has 0 aromatic heterocycles. The fourth-order valence-electron chi connectivity index (χ4n) is 3.85. The van der Waals surface area contributed by atoms with Crippen molar-refractivity contribution < 1.29 is 9.84 Å². The Morgan fingerprint density at radius 2 is 1.75 bits per heavy atom. The van der Waals surface area contributed by atoms with E-state index in [9.17, 15) is 5.11 Å². The predicted molar refractivity (Wildman–Crippen MR) is 62.3 cm³/mol. The van der Waals surface area contributed by atoms with Crippen LogP contribution in [-0.4, -0.2) is 47.4 Å². The smallest absolute Gasteiger partial charge is 0.0731 e. The highest BCUT2D eigenvalue weighted by atomic mass is 16.5. The number of hydrogen-bond acceptors (Lipinski definition) is 3. The topological polar surface area (TPSA) is 32.7 Å². The van der Waals surface area contributed by atoms with Gasteiger partial charge in [-0.05, 0) is 32.1 Å². The molecule has 3 rings (SSSR count). The van der Waals surface area contributed by atoms with Gasteiger partial charge in [0.1, 0.15) is 0 Å². The molecule has 2 saturated carbocycles. The number of nitrogens with zero attached hydrogens (tertiary/aromatic N) is 1. The maximum atomic E-state index is 10.0. The number of aliphatic hydroxyl groups is 1. The minimum atomic E-state index is -0.0827. The fourth-order valence-corrected chi connectivity index (χ4v) is 3.85. The van der Waals surface area contributed by atoms with Crippen molar-refractivity contribution in [2.24, 2.45) is 0 Å². The number of aliphatic hydroxyl groups excluding tert-OH is 1. The molecular formula is C13H23NO2. The van der Waals surface area contributed by atoms with Gasteiger partial charge in [-0.25, -0.2) is 0 Å². The summed E-state index contributed by atoms with van der Waals surface area (Å²) in [5, 5.41) is 10.0. The second-order valence-corrected chi connectivity index (χ2v) is 5.56. The van der Waals surface area contributed by atoms with E-state index in [0.29, 0.717) is 18.2 Å². The first kappa shape index (κ1) is 11.0. The molecule has 0 spiro atoms. The molecule has 3 nitrogen and oxygen atoms in total. The van der Waals surface area contributed by atoms with Crippen molar-refractivity contribution in [3.8, 4) is 0 Å². The second-order valence-electron chi connectivity index (χ2n) is 5.56. The van der Waals surface area contributed by atoms with Gasteiger partial charge in [-0.15, -0.1) is 0 Å². The normalized spacial score (nSPS) is 45.6. The largest absolute Gasteiger partial charge is 0.391 e. The Labute approximate surface area is 97.8 Å². The number of rotatable bonds is 1. The summed E-state index contributed by atoms with van der Waals surface area (Å²) in [4.78, 5) is 2.57. The van der Waals surface area contributed by atoms with Crippen LogP contribution in [0.5, 0.6) is 0 Å². The Morgan fingerprint density at radius 1 is 0.938 bits per heavy atom. The first-order valence-electron chi connectivity index (χ1n) is 6.91. The molecule has 2 unspecified atom stereocenters. The molecule has 0 aromatic rings. The lowest BCUT2D eigenvalue weighted by atomic mass is 9.89. The van der Waals surface area contributed by atoms with Crippen LogP contribution in [0.25, 0.3) is 0 Å². The molecule has 0 radical (unpaired) electrons. The van der Waals surface area contributed by atoms with Crippen molar-refractivity contribution >= 4 is 0 Å². The molecule has 1 saturated heterocycles. The van der Waals surface area contributed by atoms with Crippen molar-refractivity contribution in [1.29, 1.82) is 0 Å². The molecule has 1 aliphatic heterocycles. The van der Waals surface area contributed by atoms with Crippen LogP contribution in [0.15, 0.2) is 0 Å². The monoisotopic (exact) mass is 225 g/mol. The van der Waals surface area contributed by atoms with Crippen molar-refractivity contribution in [2.45, 2.75) is 69.2 Å². The summed E-state index contributed by atoms with van der Waals surface area (Å²) in [7, 11) is 0. The summed E-state index contributed by atoms with van der Waals surface area (Å²) < 4.78 is 5.88. The lowest BCUT2D eigenvalue weighted by Crippen LogP contribution is -2.57. The summed E-state index contributed by atoms with van der Waals surface area (Å²) in [6.45, 7) is 1.90. The van der Waals surface area contributed by atoms with Crippen molar-refractivity contribution in [3.63, 3.8) is 0 Å². The van der Waals surface area contributed by atoms with Crippen LogP contribution in [0, 0.1) is 0 Å². The van der Waals surface area contributed by atoms with E-state index in [4.69, 9.17) is 4.74 Å². The Kier molecular flexibility index (Phi) is 3.18. The number of morpholine rings is 1. The van der Waals surface area contributed by atoms with Gasteiger partial charge in [-0.3, -0.25) is 4.90 Å². The molecular weight excluding hydrogens is 202 g/mol. The van der Waals surface area contributed by atoms with Gasteiger partial charge in [0, 0.05) is 18.6 Å². The molecule has 3 fully saturated rings. The number of hydrogen-bond donors (Lipinski definition) is 1. The maximum Gasteiger partial charge on any atom is 0.0731 e. The molecule has 0 amide bonds. The second kappa shape index (κ2) is 4.63. The van der Waals surface area contributed by atoms with Crippen LogP contribution < -0.4 is 0 Å². The molecule has 1 N–H and O–H groups in total. The third-order valence-corrected chi connectivity index (χ3v) is 4.65. The van der Waals surface area contributed by atoms with Gasteiger partial charge < -0.3 is 9.84 Å². The quantitative estimate of drug-likeness (QED) is 0.735. The Morgan fingerprint density at radius 3 is 2.56 bits per heavy atom. The highest BCUT2D eigenvalue weighted by molar-refractivity contribution is 4.94. The first-order chi connectivity index (χ1) is 7.86. The predicted octanol–water partition coefficient (Wildman–Crippen LogP) is 1.54. The molecule has 3 aliphatic rings. The zero-order valence-electron chi connectivity index (χ0n) is 9.98. The van der Waals surface area contributed by atoms with Crippen LogP contribution in [0.2, 0.25) is 0 Å². The molecule has 3 heteroatoms. The number of fused-ring (bicyclic) bond motifs is 1. The van der Waals surface area contributed by atoms with Gasteiger partial charge >= 0.3 is 0 Å². The third kappa shape index (κ3) is 1.89. The fraction of sp³-hybridized carbons (Fsp3) is 1.00. The minimum absolute atomic E-state index is 0.0827. The average molecular weight is 225 g/mol. The summed E-state index contributed by atoms with van der Waals surface area (Å²) >= 11 is 0. The van der Waals surface area contributed by atoms with E-state index in [0.717, 1.165) is 19.6 Å². The summed E-state index contributed by atoms with van der Waals surface area (Å²) in [5.41, 5.74) is 0. The van der Waals surface area contributed by atoms with Gasteiger partial charge in [0.05, 0.1) is 18.8 Å². The first-order valence-corrected chi connectivity index (χ1v) is 6.91. The Balaban J connectivity index is 1.72. The van der Waals surface area contributed by atoms with E-state index in [2.05, 4.69) is 4.90 Å². The van der Waals surface area contributed by atoms with Gasteiger partial charge in [0.15, 0.2) is 0 Å². The van der Waals surface area contributed by atoms with E-state index >= 15 is 0 Å². The molecule has 2 aliphatic carbocycles. The van der Waals surface area contributed by atoms with Crippen LogP contribution in [-0.2, 0) is 4.74 Å².